The molecule has 1 fully saturated rings. The van der Waals surface area contributed by atoms with E-state index >= 15 is 0 Å². The summed E-state index contributed by atoms with van der Waals surface area (Å²) >= 11 is 0. The predicted octanol–water partition coefficient (Wildman–Crippen LogP) is 3.50. The molecular weight excluding hydrogens is 268 g/mol. The van der Waals surface area contributed by atoms with Gasteiger partial charge in [0, 0.05) is 6.08 Å². The molecule has 1 saturated carbocycles. The van der Waals surface area contributed by atoms with Crippen LogP contribution in [0.5, 0.6) is 0 Å². The molecule has 0 radical (unpaired) electrons. The Kier molecular flexibility index (Phi) is 6.93. The van der Waals surface area contributed by atoms with E-state index < -0.39 is 11.9 Å². The molecule has 0 saturated heterocycles. The molecule has 0 bridgehead atoms. The number of ether oxygens (including phenoxy) is 2. The highest BCUT2D eigenvalue weighted by Crippen LogP contribution is 2.35. The quantitative estimate of drug-likeness (QED) is 0.575. The van der Waals surface area contributed by atoms with Gasteiger partial charge < -0.3 is 9.47 Å². The molecule has 0 aromatic carbocycles. The van der Waals surface area contributed by atoms with Gasteiger partial charge in [-0.25, -0.2) is 9.59 Å². The fourth-order valence-corrected chi connectivity index (χ4v) is 2.86. The maximum Gasteiger partial charge on any atom is 0.344 e. The third kappa shape index (κ3) is 6.32. The average Bonchev–Trinajstić information content (AvgIpc) is 2.35. The van der Waals surface area contributed by atoms with Crippen LogP contribution in [0.15, 0.2) is 11.6 Å². The number of carbonyl (C=O) groups is 2. The fourth-order valence-electron chi connectivity index (χ4n) is 2.86. The van der Waals surface area contributed by atoms with E-state index in [4.69, 9.17) is 9.47 Å². The van der Waals surface area contributed by atoms with Crippen molar-refractivity contribution in [3.05, 3.63) is 11.6 Å². The van der Waals surface area contributed by atoms with Crippen LogP contribution in [-0.2, 0) is 19.1 Å². The molecule has 4 nitrogen and oxygen atoms in total. The van der Waals surface area contributed by atoms with Crippen molar-refractivity contribution in [3.63, 3.8) is 0 Å². The van der Waals surface area contributed by atoms with Gasteiger partial charge in [-0.15, -0.1) is 0 Å². The second-order valence-corrected chi connectivity index (χ2v) is 6.68. The van der Waals surface area contributed by atoms with Crippen LogP contribution in [0.25, 0.3) is 0 Å². The zero-order chi connectivity index (χ0) is 16.0. The molecule has 0 spiro atoms. The molecule has 0 aromatic heterocycles. The topological polar surface area (TPSA) is 52.6 Å². The number of rotatable bonds is 5. The van der Waals surface area contributed by atoms with Crippen molar-refractivity contribution in [1.82, 2.24) is 0 Å². The van der Waals surface area contributed by atoms with Crippen molar-refractivity contribution in [2.75, 3.05) is 6.61 Å². The van der Waals surface area contributed by atoms with Crippen molar-refractivity contribution in [3.8, 4) is 0 Å². The largest absolute Gasteiger partial charge is 0.460 e. The molecule has 0 unspecified atom stereocenters. The summed E-state index contributed by atoms with van der Waals surface area (Å²) < 4.78 is 10.4. The van der Waals surface area contributed by atoms with E-state index in [-0.39, 0.29) is 12.7 Å². The summed E-state index contributed by atoms with van der Waals surface area (Å²) in [6.45, 7) is 9.81. The average molecular weight is 296 g/mol. The SMILES string of the molecule is CC(C)=CC(=O)OCC(=O)O[C@@H]1C[C@H](C)CC[C@@H]1C(C)C. The summed E-state index contributed by atoms with van der Waals surface area (Å²) in [6, 6.07) is 0. The van der Waals surface area contributed by atoms with Crippen molar-refractivity contribution in [1.29, 1.82) is 0 Å². The molecule has 3 atom stereocenters. The lowest BCUT2D eigenvalue weighted by Gasteiger charge is -2.36. The molecular formula is C17H28O4. The van der Waals surface area contributed by atoms with Crippen molar-refractivity contribution < 1.29 is 19.1 Å². The smallest absolute Gasteiger partial charge is 0.344 e. The van der Waals surface area contributed by atoms with Crippen LogP contribution in [0.4, 0.5) is 0 Å². The summed E-state index contributed by atoms with van der Waals surface area (Å²) in [5.74, 6) is 0.521. The summed E-state index contributed by atoms with van der Waals surface area (Å²) in [5.41, 5.74) is 0.842. The third-order valence-corrected chi connectivity index (χ3v) is 3.98. The van der Waals surface area contributed by atoms with E-state index in [1.165, 1.54) is 12.5 Å². The first-order valence-electron chi connectivity index (χ1n) is 7.80. The number of carbonyl (C=O) groups excluding carboxylic acids is 2. The monoisotopic (exact) mass is 296 g/mol. The van der Waals surface area contributed by atoms with Crippen LogP contribution in [0.3, 0.4) is 0 Å². The number of hydrogen-bond acceptors (Lipinski definition) is 4. The van der Waals surface area contributed by atoms with Crippen LogP contribution in [0.1, 0.15) is 53.9 Å². The minimum Gasteiger partial charge on any atom is -0.460 e. The lowest BCUT2D eigenvalue weighted by atomic mass is 9.75. The lowest BCUT2D eigenvalue weighted by molar-refractivity contribution is -0.165. The molecule has 120 valence electrons. The number of hydrogen-bond donors (Lipinski definition) is 0. The van der Waals surface area contributed by atoms with Gasteiger partial charge in [0.2, 0.25) is 0 Å². The normalized spacial score (nSPS) is 25.3. The highest BCUT2D eigenvalue weighted by atomic mass is 16.6. The first-order valence-corrected chi connectivity index (χ1v) is 7.80. The van der Waals surface area contributed by atoms with E-state index in [0.717, 1.165) is 18.4 Å². The van der Waals surface area contributed by atoms with E-state index in [1.807, 2.05) is 0 Å². The standard InChI is InChI=1S/C17H28O4/c1-11(2)8-16(18)20-10-17(19)21-15-9-13(5)6-7-14(15)12(3)4/h8,12-15H,6-7,9-10H2,1-5H3/t13-,14-,15-/m1/s1. The van der Waals surface area contributed by atoms with Crippen molar-refractivity contribution in [2.45, 2.75) is 60.0 Å². The summed E-state index contributed by atoms with van der Waals surface area (Å²) in [5, 5.41) is 0. The van der Waals surface area contributed by atoms with Gasteiger partial charge in [-0.1, -0.05) is 32.8 Å². The molecule has 1 aliphatic rings. The molecule has 0 N–H and O–H groups in total. The number of esters is 2. The van der Waals surface area contributed by atoms with Gasteiger partial charge >= 0.3 is 11.9 Å². The highest BCUT2D eigenvalue weighted by molar-refractivity contribution is 5.84. The zero-order valence-electron chi connectivity index (χ0n) is 13.8. The Bertz CT molecular complexity index is 394. The molecule has 4 heteroatoms. The van der Waals surface area contributed by atoms with Gasteiger partial charge in [-0.2, -0.15) is 0 Å². The minimum atomic E-state index is -0.496. The summed E-state index contributed by atoms with van der Waals surface area (Å²) in [7, 11) is 0. The fraction of sp³-hybridized carbons (Fsp3) is 0.765. The van der Waals surface area contributed by atoms with Crippen LogP contribution in [0, 0.1) is 17.8 Å². The first kappa shape index (κ1) is 17.7. The highest BCUT2D eigenvalue weighted by Gasteiger charge is 2.33. The van der Waals surface area contributed by atoms with E-state index in [1.54, 1.807) is 13.8 Å². The lowest BCUT2D eigenvalue weighted by Crippen LogP contribution is -2.36. The van der Waals surface area contributed by atoms with Crippen LogP contribution in [-0.4, -0.2) is 24.6 Å². The molecule has 0 heterocycles. The molecule has 1 aliphatic carbocycles. The Labute approximate surface area is 127 Å². The first-order chi connectivity index (χ1) is 9.79. The Morgan fingerprint density at radius 1 is 1.24 bits per heavy atom. The van der Waals surface area contributed by atoms with Crippen molar-refractivity contribution >= 4 is 11.9 Å². The van der Waals surface area contributed by atoms with E-state index in [0.29, 0.717) is 17.8 Å². The van der Waals surface area contributed by atoms with Gasteiger partial charge in [0.15, 0.2) is 6.61 Å². The van der Waals surface area contributed by atoms with Gasteiger partial charge in [0.25, 0.3) is 0 Å². The molecule has 1 rings (SSSR count). The van der Waals surface area contributed by atoms with Gasteiger partial charge in [0.05, 0.1) is 0 Å². The van der Waals surface area contributed by atoms with Gasteiger partial charge in [-0.3, -0.25) is 0 Å². The Morgan fingerprint density at radius 2 is 1.90 bits per heavy atom. The predicted molar refractivity (Wildman–Crippen MR) is 81.6 cm³/mol. The van der Waals surface area contributed by atoms with Crippen LogP contribution >= 0.6 is 0 Å². The second kappa shape index (κ2) is 8.20. The van der Waals surface area contributed by atoms with E-state index in [2.05, 4.69) is 20.8 Å². The maximum absolute atomic E-state index is 11.9. The second-order valence-electron chi connectivity index (χ2n) is 6.68. The molecule has 0 aromatic rings. The Hall–Kier alpha value is -1.32. The third-order valence-electron chi connectivity index (χ3n) is 3.98. The molecule has 0 amide bonds. The zero-order valence-corrected chi connectivity index (χ0v) is 13.8. The maximum atomic E-state index is 11.9. The molecule has 0 aliphatic heterocycles. The van der Waals surface area contributed by atoms with Gasteiger partial charge in [0.1, 0.15) is 6.10 Å². The van der Waals surface area contributed by atoms with Gasteiger partial charge in [-0.05, 0) is 44.4 Å². The van der Waals surface area contributed by atoms with E-state index in [9.17, 15) is 9.59 Å². The van der Waals surface area contributed by atoms with Crippen LogP contribution < -0.4 is 0 Å². The Balaban J connectivity index is 2.47. The van der Waals surface area contributed by atoms with Crippen molar-refractivity contribution in [2.24, 2.45) is 17.8 Å². The van der Waals surface area contributed by atoms with Crippen LogP contribution in [0.2, 0.25) is 0 Å². The summed E-state index contributed by atoms with van der Waals surface area (Å²) in [6.07, 6.45) is 4.49. The number of allylic oxidation sites excluding steroid dienone is 1. The Morgan fingerprint density at radius 3 is 2.48 bits per heavy atom. The molecule has 21 heavy (non-hydrogen) atoms. The minimum absolute atomic E-state index is 0.0524. The summed E-state index contributed by atoms with van der Waals surface area (Å²) in [4.78, 5) is 23.2.